The monoisotopic (exact) mass is 328 g/mol. The molecule has 0 aliphatic rings. The van der Waals surface area contributed by atoms with E-state index in [0.717, 1.165) is 5.56 Å². The third-order valence-electron chi connectivity index (χ3n) is 3.22. The number of carbonyl (C=O) groups is 1. The molecular weight excluding hydrogens is 308 g/mol. The van der Waals surface area contributed by atoms with Crippen LogP contribution >= 0.6 is 0 Å². The Morgan fingerprint density at radius 3 is 2.54 bits per heavy atom. The minimum Gasteiger partial charge on any atom is -0.493 e. The molecule has 2 aromatic rings. The maximum atomic E-state index is 11.7. The highest BCUT2D eigenvalue weighted by molar-refractivity contribution is 5.86. The van der Waals surface area contributed by atoms with Crippen LogP contribution in [-0.4, -0.2) is 32.9 Å². The highest BCUT2D eigenvalue weighted by Gasteiger charge is 2.07. The lowest BCUT2D eigenvalue weighted by molar-refractivity contribution is -0.123. The molecule has 0 fully saturated rings. The second-order valence-corrected chi connectivity index (χ2v) is 4.98. The van der Waals surface area contributed by atoms with E-state index in [2.05, 4.69) is 10.5 Å². The second-order valence-electron chi connectivity index (χ2n) is 4.98. The number of methoxy groups -OCH3 is 2. The summed E-state index contributed by atoms with van der Waals surface area (Å²) in [6, 6.07) is 12.9. The van der Waals surface area contributed by atoms with Crippen LogP contribution in [0.5, 0.6) is 17.2 Å². The van der Waals surface area contributed by atoms with Crippen LogP contribution in [0.4, 0.5) is 0 Å². The molecule has 0 aliphatic heterocycles. The van der Waals surface area contributed by atoms with Crippen LogP contribution in [0.15, 0.2) is 47.6 Å². The smallest absolute Gasteiger partial charge is 0.277 e. The van der Waals surface area contributed by atoms with Crippen LogP contribution in [-0.2, 0) is 4.79 Å². The van der Waals surface area contributed by atoms with Crippen molar-refractivity contribution in [1.82, 2.24) is 5.43 Å². The van der Waals surface area contributed by atoms with Gasteiger partial charge in [0, 0.05) is 5.56 Å². The topological polar surface area (TPSA) is 69.2 Å². The van der Waals surface area contributed by atoms with E-state index >= 15 is 0 Å². The Morgan fingerprint density at radius 2 is 1.88 bits per heavy atom. The van der Waals surface area contributed by atoms with Gasteiger partial charge in [-0.3, -0.25) is 4.79 Å². The van der Waals surface area contributed by atoms with Gasteiger partial charge in [-0.25, -0.2) is 5.43 Å². The first-order valence-electron chi connectivity index (χ1n) is 7.36. The third kappa shape index (κ3) is 4.74. The van der Waals surface area contributed by atoms with Crippen molar-refractivity contribution in [2.75, 3.05) is 20.8 Å². The molecule has 0 atom stereocenters. The normalized spacial score (nSPS) is 10.5. The highest BCUT2D eigenvalue weighted by Crippen LogP contribution is 2.29. The van der Waals surface area contributed by atoms with E-state index in [-0.39, 0.29) is 12.5 Å². The van der Waals surface area contributed by atoms with Crippen molar-refractivity contribution in [2.24, 2.45) is 5.10 Å². The lowest BCUT2D eigenvalue weighted by atomic mass is 10.2. The molecule has 0 unspecified atom stereocenters. The number of hydrogen-bond acceptors (Lipinski definition) is 5. The first kappa shape index (κ1) is 17.3. The van der Waals surface area contributed by atoms with Crippen molar-refractivity contribution < 1.29 is 19.0 Å². The van der Waals surface area contributed by atoms with Crippen molar-refractivity contribution in [3.63, 3.8) is 0 Å². The van der Waals surface area contributed by atoms with E-state index in [1.165, 1.54) is 6.21 Å². The number of aryl methyl sites for hydroxylation is 1. The van der Waals surface area contributed by atoms with Crippen molar-refractivity contribution >= 4 is 12.1 Å². The summed E-state index contributed by atoms with van der Waals surface area (Å²) in [5.74, 6) is 1.42. The van der Waals surface area contributed by atoms with Crippen molar-refractivity contribution in [2.45, 2.75) is 6.92 Å². The molecule has 0 aliphatic carbocycles. The minimum absolute atomic E-state index is 0.115. The molecule has 0 saturated carbocycles. The molecule has 0 radical (unpaired) electrons. The number of amides is 1. The zero-order chi connectivity index (χ0) is 17.4. The fraction of sp³-hybridized carbons (Fsp3) is 0.222. The molecule has 2 aromatic carbocycles. The number of nitrogens with one attached hydrogen (secondary N) is 1. The van der Waals surface area contributed by atoms with E-state index in [4.69, 9.17) is 14.2 Å². The third-order valence-corrected chi connectivity index (χ3v) is 3.22. The summed E-state index contributed by atoms with van der Waals surface area (Å²) in [4.78, 5) is 11.7. The molecule has 0 heterocycles. The first-order chi connectivity index (χ1) is 11.6. The number of carbonyl (C=O) groups excluding carboxylic acids is 1. The van der Waals surface area contributed by atoms with Crippen LogP contribution < -0.4 is 19.6 Å². The predicted octanol–water partition coefficient (Wildman–Crippen LogP) is 2.54. The maximum absolute atomic E-state index is 11.7. The Kier molecular flexibility index (Phi) is 6.19. The molecule has 0 spiro atoms. The molecule has 0 saturated heterocycles. The van der Waals surface area contributed by atoms with Crippen LogP contribution in [0.25, 0.3) is 0 Å². The standard InChI is InChI=1S/C18H20N2O4/c1-13-7-9-15(10-8-13)24-12-17(21)20-19-11-14-5-4-6-16(22-2)18(14)23-3/h4-11H,12H2,1-3H3,(H,20,21)/b19-11-. The SMILES string of the molecule is COc1cccc(/C=N\NC(=O)COc2ccc(C)cc2)c1OC. The summed E-state index contributed by atoms with van der Waals surface area (Å²) < 4.78 is 15.9. The summed E-state index contributed by atoms with van der Waals surface area (Å²) in [5, 5.41) is 3.91. The van der Waals surface area contributed by atoms with Gasteiger partial charge in [0.15, 0.2) is 18.1 Å². The van der Waals surface area contributed by atoms with Gasteiger partial charge in [0.05, 0.1) is 20.4 Å². The molecule has 0 bridgehead atoms. The lowest BCUT2D eigenvalue weighted by Gasteiger charge is -2.09. The molecule has 1 N–H and O–H groups in total. The van der Waals surface area contributed by atoms with Crippen LogP contribution in [0, 0.1) is 6.92 Å². The Morgan fingerprint density at radius 1 is 1.12 bits per heavy atom. The summed E-state index contributed by atoms with van der Waals surface area (Å²) in [6.45, 7) is 1.87. The summed E-state index contributed by atoms with van der Waals surface area (Å²) in [6.07, 6.45) is 1.49. The van der Waals surface area contributed by atoms with E-state index in [0.29, 0.717) is 22.8 Å². The average molecular weight is 328 g/mol. The van der Waals surface area contributed by atoms with Gasteiger partial charge in [-0.1, -0.05) is 23.8 Å². The van der Waals surface area contributed by atoms with Gasteiger partial charge in [-0.2, -0.15) is 5.10 Å². The molecular formula is C18H20N2O4. The largest absolute Gasteiger partial charge is 0.493 e. The molecule has 6 nitrogen and oxygen atoms in total. The van der Waals surface area contributed by atoms with E-state index in [9.17, 15) is 4.79 Å². The van der Waals surface area contributed by atoms with Gasteiger partial charge in [-0.05, 0) is 31.2 Å². The zero-order valence-corrected chi connectivity index (χ0v) is 13.9. The molecule has 0 aromatic heterocycles. The first-order valence-corrected chi connectivity index (χ1v) is 7.36. The Balaban J connectivity index is 1.89. The van der Waals surface area contributed by atoms with Gasteiger partial charge < -0.3 is 14.2 Å². The summed E-state index contributed by atoms with van der Waals surface area (Å²) >= 11 is 0. The number of hydrazone groups is 1. The lowest BCUT2D eigenvalue weighted by Crippen LogP contribution is -2.24. The number of benzene rings is 2. The van der Waals surface area contributed by atoms with Gasteiger partial charge in [0.25, 0.3) is 5.91 Å². The maximum Gasteiger partial charge on any atom is 0.277 e. The van der Waals surface area contributed by atoms with E-state index in [1.54, 1.807) is 26.4 Å². The molecule has 24 heavy (non-hydrogen) atoms. The van der Waals surface area contributed by atoms with Crippen LogP contribution in [0.1, 0.15) is 11.1 Å². The number of ether oxygens (including phenoxy) is 3. The minimum atomic E-state index is -0.353. The Bertz CT molecular complexity index is 711. The van der Waals surface area contributed by atoms with Crippen molar-refractivity contribution in [3.05, 3.63) is 53.6 Å². The molecule has 126 valence electrons. The number of rotatable bonds is 7. The zero-order valence-electron chi connectivity index (χ0n) is 13.9. The quantitative estimate of drug-likeness (QED) is 0.626. The van der Waals surface area contributed by atoms with Crippen LogP contribution in [0.2, 0.25) is 0 Å². The van der Waals surface area contributed by atoms with Crippen molar-refractivity contribution in [1.29, 1.82) is 0 Å². The number of nitrogens with zero attached hydrogens (tertiary/aromatic N) is 1. The molecule has 6 heteroatoms. The van der Waals surface area contributed by atoms with Gasteiger partial charge in [0.1, 0.15) is 5.75 Å². The molecule has 2 rings (SSSR count). The fourth-order valence-corrected chi connectivity index (χ4v) is 2.00. The second kappa shape index (κ2) is 8.57. The van der Waals surface area contributed by atoms with Gasteiger partial charge >= 0.3 is 0 Å². The molecule has 1 amide bonds. The van der Waals surface area contributed by atoms with Gasteiger partial charge in [0.2, 0.25) is 0 Å². The van der Waals surface area contributed by atoms with Gasteiger partial charge in [-0.15, -0.1) is 0 Å². The van der Waals surface area contributed by atoms with Crippen molar-refractivity contribution in [3.8, 4) is 17.2 Å². The Hall–Kier alpha value is -3.02. The summed E-state index contributed by atoms with van der Waals surface area (Å²) in [7, 11) is 3.10. The fourth-order valence-electron chi connectivity index (χ4n) is 2.00. The van der Waals surface area contributed by atoms with E-state index < -0.39 is 0 Å². The number of para-hydroxylation sites is 1. The van der Waals surface area contributed by atoms with Crippen LogP contribution in [0.3, 0.4) is 0 Å². The van der Waals surface area contributed by atoms with E-state index in [1.807, 2.05) is 37.3 Å². The highest BCUT2D eigenvalue weighted by atomic mass is 16.5. The summed E-state index contributed by atoms with van der Waals surface area (Å²) in [5.41, 5.74) is 4.23. The predicted molar refractivity (Wildman–Crippen MR) is 92.0 cm³/mol. The Labute approximate surface area is 141 Å². The number of hydrogen-bond donors (Lipinski definition) is 1. The average Bonchev–Trinajstić information content (AvgIpc) is 2.61.